The molecule has 2 aromatic carbocycles. The van der Waals surface area contributed by atoms with Crippen LogP contribution < -0.4 is 5.32 Å². The molecule has 0 saturated carbocycles. The average Bonchev–Trinajstić information content (AvgIpc) is 3.23. The zero-order valence-corrected chi connectivity index (χ0v) is 19.4. The molecule has 11 heteroatoms. The Bertz CT molecular complexity index is 1240. The largest absolute Gasteiger partial charge is 0.449 e. The van der Waals surface area contributed by atoms with E-state index in [0.717, 1.165) is 42.7 Å². The van der Waals surface area contributed by atoms with Gasteiger partial charge in [-0.15, -0.1) is 10.2 Å². The van der Waals surface area contributed by atoms with Crippen LogP contribution in [0.3, 0.4) is 0 Å². The van der Waals surface area contributed by atoms with Crippen LogP contribution >= 0.6 is 11.8 Å². The van der Waals surface area contributed by atoms with Crippen LogP contribution in [0, 0.1) is 10.1 Å². The molecule has 0 bridgehead atoms. The molecule has 1 aromatic heterocycles. The van der Waals surface area contributed by atoms with Crippen molar-refractivity contribution in [2.75, 3.05) is 0 Å². The van der Waals surface area contributed by atoms with E-state index in [0.29, 0.717) is 10.1 Å². The van der Waals surface area contributed by atoms with Crippen molar-refractivity contribution >= 4 is 29.3 Å². The van der Waals surface area contributed by atoms with E-state index in [1.807, 2.05) is 18.2 Å². The summed E-state index contributed by atoms with van der Waals surface area (Å²) in [4.78, 5) is 36.7. The maximum absolute atomic E-state index is 12.7. The fourth-order valence-corrected chi connectivity index (χ4v) is 4.66. The number of amides is 1. The van der Waals surface area contributed by atoms with Gasteiger partial charge in [0.15, 0.2) is 11.3 Å². The normalized spacial score (nSPS) is 15.8. The Morgan fingerprint density at radius 1 is 1.29 bits per heavy atom. The number of aryl methyl sites for hydroxylation is 2. The van der Waals surface area contributed by atoms with Gasteiger partial charge in [-0.25, -0.2) is 4.79 Å². The molecule has 1 aliphatic rings. The van der Waals surface area contributed by atoms with Gasteiger partial charge in [0.2, 0.25) is 0 Å². The van der Waals surface area contributed by atoms with Crippen molar-refractivity contribution < 1.29 is 19.2 Å². The van der Waals surface area contributed by atoms with Gasteiger partial charge < -0.3 is 14.6 Å². The van der Waals surface area contributed by atoms with Gasteiger partial charge in [-0.05, 0) is 61.2 Å². The molecule has 3 aromatic rings. The van der Waals surface area contributed by atoms with Crippen LogP contribution in [0.5, 0.6) is 0 Å². The summed E-state index contributed by atoms with van der Waals surface area (Å²) in [6.45, 7) is 1.48. The summed E-state index contributed by atoms with van der Waals surface area (Å²) >= 11 is 1.06. The van der Waals surface area contributed by atoms with Gasteiger partial charge >= 0.3 is 5.97 Å². The second-order valence-electron chi connectivity index (χ2n) is 7.97. The average molecular weight is 482 g/mol. The van der Waals surface area contributed by atoms with Gasteiger partial charge in [0.25, 0.3) is 11.6 Å². The van der Waals surface area contributed by atoms with Crippen molar-refractivity contribution in [2.24, 2.45) is 7.05 Å². The molecule has 0 aliphatic heterocycles. The number of fused-ring (bicyclic) bond motifs is 1. The Hall–Kier alpha value is -3.73. The zero-order valence-electron chi connectivity index (χ0n) is 18.6. The van der Waals surface area contributed by atoms with Crippen LogP contribution in [-0.2, 0) is 23.0 Å². The SMILES string of the molecule is CC(OC(=O)c1ccc(Sc2nncn2C)c([N+](=O)[O-])c1)C(=O)NC1CCCc2ccccc21. The van der Waals surface area contributed by atoms with Gasteiger partial charge in [-0.1, -0.05) is 24.3 Å². The third-order valence-electron chi connectivity index (χ3n) is 5.60. The Kier molecular flexibility index (Phi) is 6.92. The summed E-state index contributed by atoms with van der Waals surface area (Å²) < 4.78 is 6.95. The van der Waals surface area contributed by atoms with Crippen molar-refractivity contribution in [1.29, 1.82) is 0 Å². The van der Waals surface area contributed by atoms with Crippen molar-refractivity contribution in [3.05, 3.63) is 75.6 Å². The highest BCUT2D eigenvalue weighted by Crippen LogP contribution is 2.34. The summed E-state index contributed by atoms with van der Waals surface area (Å²) in [5.41, 5.74) is 2.00. The lowest BCUT2D eigenvalue weighted by Gasteiger charge is -2.27. The maximum atomic E-state index is 12.7. The number of rotatable bonds is 7. The minimum Gasteiger partial charge on any atom is -0.449 e. The van der Waals surface area contributed by atoms with Crippen molar-refractivity contribution in [3.8, 4) is 0 Å². The molecular weight excluding hydrogens is 458 g/mol. The van der Waals surface area contributed by atoms with Crippen LogP contribution in [0.15, 0.2) is 58.8 Å². The number of nitro benzene ring substituents is 1. The van der Waals surface area contributed by atoms with Crippen LogP contribution in [0.4, 0.5) is 5.69 Å². The number of ether oxygens (including phenoxy) is 1. The van der Waals surface area contributed by atoms with E-state index >= 15 is 0 Å². The number of nitrogens with zero attached hydrogens (tertiary/aromatic N) is 4. The minimum atomic E-state index is -1.06. The molecule has 1 amide bonds. The molecule has 0 fully saturated rings. The second kappa shape index (κ2) is 10.0. The zero-order chi connectivity index (χ0) is 24.2. The highest BCUT2D eigenvalue weighted by Gasteiger charge is 2.27. The smallest absolute Gasteiger partial charge is 0.339 e. The van der Waals surface area contributed by atoms with Crippen LogP contribution in [0.2, 0.25) is 0 Å². The number of nitrogens with one attached hydrogen (secondary N) is 1. The number of hydrogen-bond acceptors (Lipinski definition) is 8. The molecule has 0 spiro atoms. The van der Waals surface area contributed by atoms with Crippen LogP contribution in [0.25, 0.3) is 0 Å². The Morgan fingerprint density at radius 2 is 2.09 bits per heavy atom. The van der Waals surface area contributed by atoms with Gasteiger partial charge in [0, 0.05) is 13.1 Å². The molecule has 1 heterocycles. The Morgan fingerprint density at radius 3 is 2.82 bits per heavy atom. The molecule has 10 nitrogen and oxygen atoms in total. The molecule has 4 rings (SSSR count). The molecule has 0 saturated heterocycles. The minimum absolute atomic E-state index is 0.0170. The molecule has 1 aliphatic carbocycles. The summed E-state index contributed by atoms with van der Waals surface area (Å²) in [6.07, 6.45) is 3.15. The van der Waals surface area contributed by atoms with E-state index < -0.39 is 22.9 Å². The van der Waals surface area contributed by atoms with Crippen LogP contribution in [-0.4, -0.2) is 37.7 Å². The lowest BCUT2D eigenvalue weighted by molar-refractivity contribution is -0.387. The fourth-order valence-electron chi connectivity index (χ4n) is 3.81. The first-order valence-electron chi connectivity index (χ1n) is 10.7. The summed E-state index contributed by atoms with van der Waals surface area (Å²) in [6, 6.07) is 11.8. The molecule has 176 valence electrons. The molecule has 34 heavy (non-hydrogen) atoms. The highest BCUT2D eigenvalue weighted by molar-refractivity contribution is 7.99. The van der Waals surface area contributed by atoms with E-state index in [4.69, 9.17) is 4.74 Å². The van der Waals surface area contributed by atoms with Gasteiger partial charge in [0.1, 0.15) is 6.33 Å². The number of esters is 1. The quantitative estimate of drug-likeness (QED) is 0.308. The topological polar surface area (TPSA) is 129 Å². The second-order valence-corrected chi connectivity index (χ2v) is 8.97. The Balaban J connectivity index is 1.43. The third kappa shape index (κ3) is 5.09. The molecule has 1 N–H and O–H groups in total. The number of aromatic nitrogens is 3. The summed E-state index contributed by atoms with van der Waals surface area (Å²) in [5, 5.41) is 22.7. The lowest BCUT2D eigenvalue weighted by atomic mass is 9.87. The van der Waals surface area contributed by atoms with Gasteiger partial charge in [-0.3, -0.25) is 14.9 Å². The molecule has 2 atom stereocenters. The van der Waals surface area contributed by atoms with Gasteiger partial charge in [0.05, 0.1) is 21.4 Å². The summed E-state index contributed by atoms with van der Waals surface area (Å²) in [7, 11) is 1.72. The third-order valence-corrected chi connectivity index (χ3v) is 6.72. The number of carbonyl (C=O) groups excluding carboxylic acids is 2. The monoisotopic (exact) mass is 481 g/mol. The number of benzene rings is 2. The molecule has 2 unspecified atom stereocenters. The predicted octanol–water partition coefficient (Wildman–Crippen LogP) is 3.61. The number of nitro groups is 1. The van der Waals surface area contributed by atoms with Crippen molar-refractivity contribution in [3.63, 3.8) is 0 Å². The van der Waals surface area contributed by atoms with E-state index in [-0.39, 0.29) is 17.3 Å². The van der Waals surface area contributed by atoms with Crippen molar-refractivity contribution in [2.45, 2.75) is 48.4 Å². The first kappa shape index (κ1) is 23.4. The number of carbonyl (C=O) groups is 2. The fraction of sp³-hybridized carbons (Fsp3) is 0.304. The standard InChI is InChI=1S/C23H23N5O5S/c1-14(21(29)25-18-9-5-7-15-6-3-4-8-17(15)18)33-22(30)16-10-11-20(19(12-16)28(31)32)34-23-26-24-13-27(23)2/h3-4,6,8,10-14,18H,5,7,9H2,1-2H3,(H,25,29). The van der Waals surface area contributed by atoms with Gasteiger partial charge in [-0.2, -0.15) is 0 Å². The molecular formula is C23H23N5O5S. The van der Waals surface area contributed by atoms with E-state index in [1.165, 1.54) is 30.9 Å². The highest BCUT2D eigenvalue weighted by atomic mass is 32.2. The van der Waals surface area contributed by atoms with E-state index in [9.17, 15) is 19.7 Å². The van der Waals surface area contributed by atoms with Crippen LogP contribution in [0.1, 0.15) is 47.3 Å². The van der Waals surface area contributed by atoms with E-state index in [2.05, 4.69) is 21.6 Å². The lowest BCUT2D eigenvalue weighted by Crippen LogP contribution is -2.39. The predicted molar refractivity (Wildman–Crippen MR) is 123 cm³/mol. The molecule has 0 radical (unpaired) electrons. The first-order chi connectivity index (χ1) is 16.3. The number of hydrogen-bond donors (Lipinski definition) is 1. The maximum Gasteiger partial charge on any atom is 0.339 e. The Labute approximate surface area is 199 Å². The summed E-state index contributed by atoms with van der Waals surface area (Å²) in [5.74, 6) is -1.23. The first-order valence-corrected chi connectivity index (χ1v) is 11.5. The van der Waals surface area contributed by atoms with E-state index in [1.54, 1.807) is 11.6 Å². The van der Waals surface area contributed by atoms with Crippen molar-refractivity contribution in [1.82, 2.24) is 20.1 Å².